The highest BCUT2D eigenvalue weighted by atomic mass is 79.9. The van der Waals surface area contributed by atoms with Gasteiger partial charge in [0.15, 0.2) is 0 Å². The lowest BCUT2D eigenvalue weighted by atomic mass is 10.1. The Morgan fingerprint density at radius 3 is 2.53 bits per heavy atom. The summed E-state index contributed by atoms with van der Waals surface area (Å²) in [5, 5.41) is 3.20. The van der Waals surface area contributed by atoms with Gasteiger partial charge in [0.1, 0.15) is 0 Å². The minimum absolute atomic E-state index is 0.493. The van der Waals surface area contributed by atoms with Crippen LogP contribution in [0.3, 0.4) is 0 Å². The minimum atomic E-state index is 0.493. The van der Waals surface area contributed by atoms with Gasteiger partial charge in [0.05, 0.1) is 23.5 Å². The maximum Gasteiger partial charge on any atom is 0.232 e. The molecule has 0 saturated heterocycles. The second-order valence-electron chi connectivity index (χ2n) is 4.11. The molecule has 0 spiro atoms. The van der Waals surface area contributed by atoms with Gasteiger partial charge < -0.3 is 10.1 Å². The summed E-state index contributed by atoms with van der Waals surface area (Å²) < 4.78 is 6.86. The largest absolute Gasteiger partial charge is 0.480 e. The van der Waals surface area contributed by atoms with Gasteiger partial charge in [-0.1, -0.05) is 6.07 Å². The molecule has 1 aromatic heterocycles. The van der Waals surface area contributed by atoms with Crippen LogP contribution in [0.5, 0.6) is 5.88 Å². The molecule has 6 heteroatoms. The first-order valence-corrected chi connectivity index (χ1v) is 7.20. The fourth-order valence-corrected chi connectivity index (χ4v) is 2.87. The molecule has 1 N–H and O–H groups in total. The maximum absolute atomic E-state index is 5.15. The van der Waals surface area contributed by atoms with Crippen LogP contribution in [-0.2, 0) is 0 Å². The van der Waals surface area contributed by atoms with Crippen molar-refractivity contribution < 1.29 is 4.74 Å². The Bertz CT molecular complexity index is 594. The van der Waals surface area contributed by atoms with E-state index in [9.17, 15) is 0 Å². The molecule has 1 aromatic carbocycles. The van der Waals surface area contributed by atoms with Crippen molar-refractivity contribution in [3.8, 4) is 5.88 Å². The number of anilines is 2. The summed E-state index contributed by atoms with van der Waals surface area (Å²) in [5.74, 6) is 0.992. The number of rotatable bonds is 3. The minimum Gasteiger partial charge on any atom is -0.480 e. The molecule has 0 aliphatic carbocycles. The van der Waals surface area contributed by atoms with Crippen LogP contribution in [0.1, 0.15) is 11.1 Å². The monoisotopic (exact) mass is 385 g/mol. The molecule has 0 unspecified atom stereocenters. The summed E-state index contributed by atoms with van der Waals surface area (Å²) in [4.78, 5) is 8.50. The summed E-state index contributed by atoms with van der Waals surface area (Å²) in [5.41, 5.74) is 3.27. The maximum atomic E-state index is 5.15. The van der Waals surface area contributed by atoms with Gasteiger partial charge in [-0.3, -0.25) is 0 Å². The zero-order valence-electron chi connectivity index (χ0n) is 10.8. The van der Waals surface area contributed by atoms with E-state index >= 15 is 0 Å². The quantitative estimate of drug-likeness (QED) is 0.850. The van der Waals surface area contributed by atoms with Crippen molar-refractivity contribution in [2.24, 2.45) is 0 Å². The SMILES string of the molecule is COc1nc(Nc2c(C)cc(C)cc2Br)ncc1Br. The first kappa shape index (κ1) is 14.3. The number of methoxy groups -OCH3 is 1. The highest BCUT2D eigenvalue weighted by molar-refractivity contribution is 9.11. The molecule has 100 valence electrons. The molecule has 0 aliphatic rings. The van der Waals surface area contributed by atoms with Gasteiger partial charge in [0.25, 0.3) is 0 Å². The molecule has 0 amide bonds. The molecule has 19 heavy (non-hydrogen) atoms. The standard InChI is InChI=1S/C13H13Br2N3O/c1-7-4-8(2)11(9(14)5-7)17-13-16-6-10(15)12(18-13)19-3/h4-6H,1-3H3,(H,16,17,18). The molecule has 1 heterocycles. The average Bonchev–Trinajstić information content (AvgIpc) is 2.35. The highest BCUT2D eigenvalue weighted by Gasteiger charge is 2.09. The molecule has 2 rings (SSSR count). The van der Waals surface area contributed by atoms with Gasteiger partial charge in [0.2, 0.25) is 11.8 Å². The van der Waals surface area contributed by atoms with Gasteiger partial charge in [-0.15, -0.1) is 0 Å². The van der Waals surface area contributed by atoms with E-state index in [1.54, 1.807) is 13.3 Å². The molecule has 4 nitrogen and oxygen atoms in total. The van der Waals surface area contributed by atoms with E-state index in [4.69, 9.17) is 4.74 Å². The van der Waals surface area contributed by atoms with Crippen molar-refractivity contribution in [3.05, 3.63) is 38.4 Å². The van der Waals surface area contributed by atoms with E-state index in [2.05, 4.69) is 60.1 Å². The van der Waals surface area contributed by atoms with Crippen molar-refractivity contribution >= 4 is 43.5 Å². The number of halogens is 2. The van der Waals surface area contributed by atoms with Gasteiger partial charge in [-0.25, -0.2) is 4.98 Å². The van der Waals surface area contributed by atoms with Crippen LogP contribution in [0, 0.1) is 13.8 Å². The predicted octanol–water partition coefficient (Wildman–Crippen LogP) is 4.37. The summed E-state index contributed by atoms with van der Waals surface area (Å²) >= 11 is 6.87. The molecule has 0 saturated carbocycles. The number of ether oxygens (including phenoxy) is 1. The van der Waals surface area contributed by atoms with Crippen molar-refractivity contribution in [1.82, 2.24) is 9.97 Å². The van der Waals surface area contributed by atoms with Crippen molar-refractivity contribution in [2.75, 3.05) is 12.4 Å². The molecule has 0 aliphatic heterocycles. The van der Waals surface area contributed by atoms with Crippen LogP contribution in [0.25, 0.3) is 0 Å². The van der Waals surface area contributed by atoms with Crippen LogP contribution in [0.2, 0.25) is 0 Å². The fourth-order valence-electron chi connectivity index (χ4n) is 1.74. The summed E-state index contributed by atoms with van der Waals surface area (Å²) in [6, 6.07) is 4.15. The lowest BCUT2D eigenvalue weighted by Gasteiger charge is -2.12. The van der Waals surface area contributed by atoms with E-state index in [0.717, 1.165) is 20.2 Å². The van der Waals surface area contributed by atoms with Gasteiger partial charge in [0, 0.05) is 4.47 Å². The first-order valence-electron chi connectivity index (χ1n) is 5.61. The smallest absolute Gasteiger partial charge is 0.232 e. The van der Waals surface area contributed by atoms with Crippen LogP contribution < -0.4 is 10.1 Å². The molecular weight excluding hydrogens is 374 g/mol. The Morgan fingerprint density at radius 2 is 1.89 bits per heavy atom. The van der Waals surface area contributed by atoms with Crippen molar-refractivity contribution in [1.29, 1.82) is 0 Å². The zero-order chi connectivity index (χ0) is 14.0. The molecule has 2 aromatic rings. The summed E-state index contributed by atoms with van der Waals surface area (Å²) in [6.07, 6.45) is 1.66. The van der Waals surface area contributed by atoms with Crippen LogP contribution in [-0.4, -0.2) is 17.1 Å². The van der Waals surface area contributed by atoms with E-state index in [1.807, 2.05) is 13.0 Å². The van der Waals surface area contributed by atoms with E-state index in [1.165, 1.54) is 5.56 Å². The van der Waals surface area contributed by atoms with E-state index < -0.39 is 0 Å². The topological polar surface area (TPSA) is 47.0 Å². The molecule has 0 atom stereocenters. The number of benzene rings is 1. The number of hydrogen-bond acceptors (Lipinski definition) is 4. The second-order valence-corrected chi connectivity index (χ2v) is 5.82. The zero-order valence-corrected chi connectivity index (χ0v) is 14.0. The van der Waals surface area contributed by atoms with Gasteiger partial charge in [-0.2, -0.15) is 4.98 Å². The number of hydrogen-bond donors (Lipinski definition) is 1. The van der Waals surface area contributed by atoms with Crippen LogP contribution in [0.15, 0.2) is 27.3 Å². The Labute approximate surface area is 128 Å². The molecular formula is C13H13Br2N3O. The first-order chi connectivity index (χ1) is 9.01. The lowest BCUT2D eigenvalue weighted by molar-refractivity contribution is 0.394. The van der Waals surface area contributed by atoms with Crippen LogP contribution in [0.4, 0.5) is 11.6 Å². The van der Waals surface area contributed by atoms with Crippen LogP contribution >= 0.6 is 31.9 Å². The summed E-state index contributed by atoms with van der Waals surface area (Å²) in [6.45, 7) is 4.09. The lowest BCUT2D eigenvalue weighted by Crippen LogP contribution is -2.01. The predicted molar refractivity (Wildman–Crippen MR) is 83.2 cm³/mol. The molecule has 0 fully saturated rings. The number of aryl methyl sites for hydroxylation is 2. The third kappa shape index (κ3) is 3.25. The third-order valence-electron chi connectivity index (χ3n) is 2.57. The number of nitrogens with one attached hydrogen (secondary N) is 1. The normalized spacial score (nSPS) is 10.4. The summed E-state index contributed by atoms with van der Waals surface area (Å²) in [7, 11) is 1.57. The third-order valence-corrected chi connectivity index (χ3v) is 3.74. The highest BCUT2D eigenvalue weighted by Crippen LogP contribution is 2.30. The Hall–Kier alpha value is -1.14. The van der Waals surface area contributed by atoms with E-state index in [-0.39, 0.29) is 0 Å². The Balaban J connectivity index is 2.36. The van der Waals surface area contributed by atoms with Crippen molar-refractivity contribution in [2.45, 2.75) is 13.8 Å². The number of aromatic nitrogens is 2. The Kier molecular flexibility index (Phi) is 4.42. The second kappa shape index (κ2) is 5.88. The average molecular weight is 387 g/mol. The number of nitrogens with zero attached hydrogens (tertiary/aromatic N) is 2. The molecule has 0 bridgehead atoms. The van der Waals surface area contributed by atoms with E-state index in [0.29, 0.717) is 11.8 Å². The van der Waals surface area contributed by atoms with Gasteiger partial charge in [-0.05, 0) is 62.9 Å². The fraction of sp³-hybridized carbons (Fsp3) is 0.231. The van der Waals surface area contributed by atoms with Crippen molar-refractivity contribution in [3.63, 3.8) is 0 Å². The van der Waals surface area contributed by atoms with Gasteiger partial charge >= 0.3 is 0 Å². The molecule has 0 radical (unpaired) electrons. The Morgan fingerprint density at radius 1 is 1.16 bits per heavy atom.